The zero-order valence-corrected chi connectivity index (χ0v) is 20.2. The maximum absolute atomic E-state index is 13.8. The van der Waals surface area contributed by atoms with Gasteiger partial charge in [0.25, 0.3) is 0 Å². The number of halogens is 2. The molecule has 4 rings (SSSR count). The minimum absolute atomic E-state index is 0.0180. The summed E-state index contributed by atoms with van der Waals surface area (Å²) in [6, 6.07) is 11.6. The summed E-state index contributed by atoms with van der Waals surface area (Å²) in [5, 5.41) is 15.4. The zero-order valence-electron chi connectivity index (χ0n) is 20.2. The minimum atomic E-state index is -1.01. The van der Waals surface area contributed by atoms with E-state index >= 15 is 0 Å². The number of benzene rings is 1. The van der Waals surface area contributed by atoms with E-state index in [1.807, 2.05) is 18.2 Å². The van der Waals surface area contributed by atoms with Gasteiger partial charge in [-0.15, -0.1) is 0 Å². The fourth-order valence-electron chi connectivity index (χ4n) is 5.05. The van der Waals surface area contributed by atoms with Crippen molar-refractivity contribution in [1.82, 2.24) is 20.5 Å². The molecule has 3 heterocycles. The minimum Gasteiger partial charge on any atom is -0.352 e. The Balaban J connectivity index is 1.31. The van der Waals surface area contributed by atoms with Gasteiger partial charge < -0.3 is 15.5 Å². The van der Waals surface area contributed by atoms with Crippen LogP contribution >= 0.6 is 0 Å². The third-order valence-electron chi connectivity index (χ3n) is 7.08. The lowest BCUT2D eigenvalue weighted by molar-refractivity contribution is -0.121. The van der Waals surface area contributed by atoms with E-state index in [4.69, 9.17) is 0 Å². The van der Waals surface area contributed by atoms with Crippen molar-refractivity contribution >= 4 is 11.8 Å². The normalized spacial score (nSPS) is 19.9. The predicted molar refractivity (Wildman–Crippen MR) is 129 cm³/mol. The summed E-state index contributed by atoms with van der Waals surface area (Å²) < 4.78 is 27.2. The van der Waals surface area contributed by atoms with Gasteiger partial charge in [-0.2, -0.15) is 5.26 Å². The number of piperidine rings is 1. The standard InChI is InChI=1S/C27H29F2N5O2/c1-18-25(20(16-24(35)33-18)19-6-7-21(28)22(29)15-19)26(36)32-11-4-12-34-13-8-27(17-30,9-14-34)23-5-2-3-10-31-23/h2-3,5-7,10,15,20H,4,8-9,11-14,16H2,1H3,(H,32,36)(H,33,35)/t20-/m1/s1. The van der Waals surface area contributed by atoms with Crippen LogP contribution in [0.25, 0.3) is 0 Å². The van der Waals surface area contributed by atoms with Crippen LogP contribution in [0, 0.1) is 23.0 Å². The van der Waals surface area contributed by atoms with Gasteiger partial charge in [-0.05, 0) is 62.6 Å². The van der Waals surface area contributed by atoms with Crippen molar-refractivity contribution in [2.45, 2.75) is 43.9 Å². The topological polar surface area (TPSA) is 98.1 Å². The molecule has 0 aliphatic carbocycles. The van der Waals surface area contributed by atoms with Gasteiger partial charge in [0, 0.05) is 49.4 Å². The van der Waals surface area contributed by atoms with E-state index < -0.39 is 23.0 Å². The molecule has 36 heavy (non-hydrogen) atoms. The van der Waals surface area contributed by atoms with Crippen molar-refractivity contribution in [3.8, 4) is 6.07 Å². The second-order valence-corrected chi connectivity index (χ2v) is 9.38. The first-order valence-electron chi connectivity index (χ1n) is 12.1. The number of aromatic nitrogens is 1. The van der Waals surface area contributed by atoms with E-state index in [1.165, 1.54) is 6.07 Å². The van der Waals surface area contributed by atoms with Crippen LogP contribution in [0.3, 0.4) is 0 Å². The van der Waals surface area contributed by atoms with Crippen molar-refractivity contribution in [2.75, 3.05) is 26.2 Å². The molecule has 188 valence electrons. The number of nitrogens with zero attached hydrogens (tertiary/aromatic N) is 3. The number of allylic oxidation sites excluding steroid dienone is 1. The van der Waals surface area contributed by atoms with Gasteiger partial charge in [-0.25, -0.2) is 8.78 Å². The number of rotatable bonds is 7. The number of hydrogen-bond acceptors (Lipinski definition) is 5. The summed E-state index contributed by atoms with van der Waals surface area (Å²) in [4.78, 5) is 31.8. The quantitative estimate of drug-likeness (QED) is 0.577. The fourth-order valence-corrected chi connectivity index (χ4v) is 5.05. The second kappa shape index (κ2) is 11.0. The lowest BCUT2D eigenvalue weighted by atomic mass is 9.76. The molecule has 1 aromatic carbocycles. The summed E-state index contributed by atoms with van der Waals surface area (Å²) in [5.41, 5.74) is 1.41. The van der Waals surface area contributed by atoms with Crippen LogP contribution in [-0.4, -0.2) is 47.9 Å². The Morgan fingerprint density at radius 3 is 2.69 bits per heavy atom. The summed E-state index contributed by atoms with van der Waals surface area (Å²) in [7, 11) is 0. The number of carbonyl (C=O) groups is 2. The first-order chi connectivity index (χ1) is 17.3. The Hall–Kier alpha value is -3.64. The SMILES string of the molecule is CC1=C(C(=O)NCCCN2CCC(C#N)(c3ccccn3)CC2)[C@@H](c2ccc(F)c(F)c2)CC(=O)N1. The maximum atomic E-state index is 13.8. The monoisotopic (exact) mass is 493 g/mol. The van der Waals surface area contributed by atoms with E-state index in [1.54, 1.807) is 13.1 Å². The molecule has 2 aliphatic rings. The van der Waals surface area contributed by atoms with Crippen LogP contribution in [0.5, 0.6) is 0 Å². The molecule has 7 nitrogen and oxygen atoms in total. The molecular weight excluding hydrogens is 464 g/mol. The Morgan fingerprint density at radius 2 is 2.03 bits per heavy atom. The first-order valence-corrected chi connectivity index (χ1v) is 12.1. The summed E-state index contributed by atoms with van der Waals surface area (Å²) in [6.45, 7) is 4.37. The maximum Gasteiger partial charge on any atom is 0.249 e. The van der Waals surface area contributed by atoms with Crippen LogP contribution in [0.1, 0.15) is 49.8 Å². The molecule has 0 radical (unpaired) electrons. The number of nitrogens with one attached hydrogen (secondary N) is 2. The van der Waals surface area contributed by atoms with Crippen molar-refractivity contribution < 1.29 is 18.4 Å². The number of hydrogen-bond donors (Lipinski definition) is 2. The van der Waals surface area contributed by atoms with Crippen molar-refractivity contribution in [1.29, 1.82) is 5.26 Å². The molecule has 1 atom stereocenters. The van der Waals surface area contributed by atoms with Gasteiger partial charge in [0.15, 0.2) is 11.6 Å². The molecule has 0 unspecified atom stereocenters. The second-order valence-electron chi connectivity index (χ2n) is 9.38. The summed E-state index contributed by atoms with van der Waals surface area (Å²) in [5.74, 6) is -3.25. The van der Waals surface area contributed by atoms with Gasteiger partial charge >= 0.3 is 0 Å². The van der Waals surface area contributed by atoms with Gasteiger partial charge in [0.1, 0.15) is 5.41 Å². The van der Waals surface area contributed by atoms with E-state index in [-0.39, 0.29) is 18.2 Å². The highest BCUT2D eigenvalue weighted by molar-refractivity contribution is 5.99. The highest BCUT2D eigenvalue weighted by Gasteiger charge is 2.37. The van der Waals surface area contributed by atoms with Gasteiger partial charge in [-0.1, -0.05) is 12.1 Å². The highest BCUT2D eigenvalue weighted by atomic mass is 19.2. The highest BCUT2D eigenvalue weighted by Crippen LogP contribution is 2.34. The molecule has 9 heteroatoms. The predicted octanol–water partition coefficient (Wildman–Crippen LogP) is 3.30. The molecule has 1 fully saturated rings. The first kappa shape index (κ1) is 25.5. The number of pyridine rings is 1. The van der Waals surface area contributed by atoms with Crippen molar-refractivity contribution in [2.24, 2.45) is 0 Å². The van der Waals surface area contributed by atoms with Crippen molar-refractivity contribution in [3.05, 3.63) is 76.8 Å². The van der Waals surface area contributed by atoms with Gasteiger partial charge in [0.2, 0.25) is 11.8 Å². The van der Waals surface area contributed by atoms with Crippen LogP contribution in [0.4, 0.5) is 8.78 Å². The third-order valence-corrected chi connectivity index (χ3v) is 7.08. The summed E-state index contributed by atoms with van der Waals surface area (Å²) >= 11 is 0. The number of amides is 2. The molecule has 1 saturated heterocycles. The third kappa shape index (κ3) is 5.44. The Labute approximate surface area is 209 Å². The van der Waals surface area contributed by atoms with Crippen LogP contribution in [0.2, 0.25) is 0 Å². The van der Waals surface area contributed by atoms with Crippen LogP contribution < -0.4 is 10.6 Å². The number of carbonyl (C=O) groups excluding carboxylic acids is 2. The van der Waals surface area contributed by atoms with Crippen molar-refractivity contribution in [3.63, 3.8) is 0 Å². The smallest absolute Gasteiger partial charge is 0.249 e. The number of likely N-dealkylation sites (tertiary alicyclic amines) is 1. The Kier molecular flexibility index (Phi) is 7.75. The molecule has 2 aliphatic heterocycles. The Bertz CT molecular complexity index is 1200. The molecule has 2 amide bonds. The number of nitriles is 1. The molecule has 0 spiro atoms. The van der Waals surface area contributed by atoms with E-state index in [0.717, 1.165) is 37.5 Å². The van der Waals surface area contributed by atoms with Gasteiger partial charge in [-0.3, -0.25) is 14.6 Å². The lowest BCUT2D eigenvalue weighted by Crippen LogP contribution is -2.43. The molecule has 0 bridgehead atoms. The molecule has 1 aromatic heterocycles. The van der Waals surface area contributed by atoms with E-state index in [0.29, 0.717) is 42.6 Å². The molecule has 2 N–H and O–H groups in total. The Morgan fingerprint density at radius 1 is 1.25 bits per heavy atom. The largest absolute Gasteiger partial charge is 0.352 e. The van der Waals surface area contributed by atoms with Crippen LogP contribution in [0.15, 0.2) is 53.9 Å². The molecular formula is C27H29F2N5O2. The fraction of sp³-hybridized carbons (Fsp3) is 0.407. The van der Waals surface area contributed by atoms with Crippen LogP contribution in [-0.2, 0) is 15.0 Å². The average Bonchev–Trinajstić information content (AvgIpc) is 2.88. The molecule has 0 saturated carbocycles. The zero-order chi connectivity index (χ0) is 25.7. The van der Waals surface area contributed by atoms with Gasteiger partial charge in [0.05, 0.1) is 11.8 Å². The summed E-state index contributed by atoms with van der Waals surface area (Å²) in [6.07, 6.45) is 3.82. The lowest BCUT2D eigenvalue weighted by Gasteiger charge is -2.36. The average molecular weight is 494 g/mol. The molecule has 2 aromatic rings. The van der Waals surface area contributed by atoms with E-state index in [2.05, 4.69) is 26.6 Å². The van der Waals surface area contributed by atoms with E-state index in [9.17, 15) is 23.6 Å².